The Labute approximate surface area is 128 Å². The molecule has 0 fully saturated rings. The molecule has 0 atom stereocenters. The molecule has 5 heteroatoms. The van der Waals surface area contributed by atoms with Crippen molar-refractivity contribution in [3.05, 3.63) is 45.4 Å². The highest BCUT2D eigenvalue weighted by Gasteiger charge is 2.17. The molecule has 112 valence electrons. The van der Waals surface area contributed by atoms with Gasteiger partial charge in [-0.05, 0) is 30.7 Å². The van der Waals surface area contributed by atoms with Gasteiger partial charge in [-0.2, -0.15) is 0 Å². The predicted molar refractivity (Wildman–Crippen MR) is 86.3 cm³/mol. The third-order valence-electron chi connectivity index (χ3n) is 3.13. The van der Waals surface area contributed by atoms with E-state index >= 15 is 0 Å². The molecule has 21 heavy (non-hydrogen) atoms. The van der Waals surface area contributed by atoms with Crippen LogP contribution in [0.15, 0.2) is 23.6 Å². The highest BCUT2D eigenvalue weighted by atomic mass is 32.1. The topological polar surface area (TPSA) is 62.2 Å². The van der Waals surface area contributed by atoms with Crippen LogP contribution < -0.4 is 5.32 Å². The van der Waals surface area contributed by atoms with Gasteiger partial charge in [-0.3, -0.25) is 0 Å². The highest BCUT2D eigenvalue weighted by molar-refractivity contribution is 7.09. The number of hydrogen-bond acceptors (Lipinski definition) is 4. The quantitative estimate of drug-likeness (QED) is 0.894. The zero-order chi connectivity index (χ0) is 15.6. The van der Waals surface area contributed by atoms with Crippen LogP contribution in [0.5, 0.6) is 0 Å². The summed E-state index contributed by atoms with van der Waals surface area (Å²) in [6.07, 6.45) is 0. The van der Waals surface area contributed by atoms with Crippen molar-refractivity contribution < 1.29 is 9.90 Å². The van der Waals surface area contributed by atoms with Crippen molar-refractivity contribution in [1.82, 2.24) is 4.98 Å². The number of aromatic carboxylic acids is 1. The number of carbonyl (C=O) groups is 1. The lowest BCUT2D eigenvalue weighted by Gasteiger charge is -2.13. The normalized spacial score (nSPS) is 11.4. The summed E-state index contributed by atoms with van der Waals surface area (Å²) in [6.45, 7) is 8.99. The second-order valence-corrected chi connectivity index (χ2v) is 6.94. The minimum atomic E-state index is -0.904. The van der Waals surface area contributed by atoms with E-state index in [1.54, 1.807) is 29.5 Å². The number of rotatable bonds is 4. The maximum atomic E-state index is 10.9. The van der Waals surface area contributed by atoms with E-state index in [9.17, 15) is 4.79 Å². The molecule has 0 saturated carbocycles. The van der Waals surface area contributed by atoms with E-state index in [2.05, 4.69) is 36.5 Å². The molecule has 2 rings (SSSR count). The fraction of sp³-hybridized carbons (Fsp3) is 0.375. The molecule has 0 aliphatic rings. The first-order valence-corrected chi connectivity index (χ1v) is 7.68. The molecule has 0 bridgehead atoms. The van der Waals surface area contributed by atoms with Crippen molar-refractivity contribution in [2.24, 2.45) is 0 Å². The van der Waals surface area contributed by atoms with Crippen LogP contribution in [-0.4, -0.2) is 16.1 Å². The zero-order valence-corrected chi connectivity index (χ0v) is 13.5. The summed E-state index contributed by atoms with van der Waals surface area (Å²) in [5.74, 6) is -0.904. The lowest BCUT2D eigenvalue weighted by molar-refractivity contribution is 0.0697. The van der Waals surface area contributed by atoms with Gasteiger partial charge in [0.25, 0.3) is 0 Å². The molecule has 0 saturated heterocycles. The minimum Gasteiger partial charge on any atom is -0.478 e. The molecular formula is C16H20N2O2S. The van der Waals surface area contributed by atoms with Crippen molar-refractivity contribution >= 4 is 23.0 Å². The maximum absolute atomic E-state index is 10.9. The van der Waals surface area contributed by atoms with Gasteiger partial charge in [0.05, 0.1) is 22.8 Å². The van der Waals surface area contributed by atoms with Crippen molar-refractivity contribution in [3.63, 3.8) is 0 Å². The molecule has 0 spiro atoms. The van der Waals surface area contributed by atoms with Crippen molar-refractivity contribution in [2.45, 2.75) is 39.7 Å². The number of nitrogens with one attached hydrogen (secondary N) is 1. The Bertz CT molecular complexity index is 657. The van der Waals surface area contributed by atoms with Gasteiger partial charge < -0.3 is 10.4 Å². The summed E-state index contributed by atoms with van der Waals surface area (Å²) in [7, 11) is 0. The Hall–Kier alpha value is -1.88. The maximum Gasteiger partial charge on any atom is 0.335 e. The summed E-state index contributed by atoms with van der Waals surface area (Å²) in [4.78, 5) is 15.5. The van der Waals surface area contributed by atoms with E-state index in [1.165, 1.54) is 0 Å². The lowest BCUT2D eigenvalue weighted by Crippen LogP contribution is -2.11. The molecule has 0 aliphatic heterocycles. The number of carboxylic acids is 1. The van der Waals surface area contributed by atoms with Crippen molar-refractivity contribution in [1.29, 1.82) is 0 Å². The number of hydrogen-bond donors (Lipinski definition) is 2. The van der Waals surface area contributed by atoms with Gasteiger partial charge in [0, 0.05) is 16.5 Å². The molecule has 2 aromatic rings. The van der Waals surface area contributed by atoms with Gasteiger partial charge in [0.15, 0.2) is 0 Å². The first kappa shape index (κ1) is 15.5. The van der Waals surface area contributed by atoms with Crippen LogP contribution in [0.1, 0.15) is 47.4 Å². The first-order chi connectivity index (χ1) is 9.77. The van der Waals surface area contributed by atoms with Gasteiger partial charge in [0.1, 0.15) is 0 Å². The Morgan fingerprint density at radius 3 is 2.62 bits per heavy atom. The largest absolute Gasteiger partial charge is 0.478 e. The van der Waals surface area contributed by atoms with E-state index < -0.39 is 5.97 Å². The Morgan fingerprint density at radius 1 is 1.38 bits per heavy atom. The fourth-order valence-corrected chi connectivity index (χ4v) is 2.82. The van der Waals surface area contributed by atoms with Crippen molar-refractivity contribution in [2.75, 3.05) is 5.32 Å². The number of anilines is 1. The molecular weight excluding hydrogens is 284 g/mol. The Morgan fingerprint density at radius 2 is 2.10 bits per heavy atom. The van der Waals surface area contributed by atoms with Crippen LogP contribution in [0.25, 0.3) is 0 Å². The van der Waals surface area contributed by atoms with Crippen LogP contribution in [0, 0.1) is 6.92 Å². The Balaban J connectivity index is 2.06. The molecule has 1 aromatic heterocycles. The number of benzene rings is 1. The van der Waals surface area contributed by atoms with Crippen LogP contribution >= 0.6 is 11.3 Å². The van der Waals surface area contributed by atoms with Gasteiger partial charge in [-0.1, -0.05) is 20.8 Å². The first-order valence-electron chi connectivity index (χ1n) is 6.80. The molecule has 0 unspecified atom stereocenters. The highest BCUT2D eigenvalue weighted by Crippen LogP contribution is 2.26. The molecule has 0 radical (unpaired) electrons. The minimum absolute atomic E-state index is 0.0714. The van der Waals surface area contributed by atoms with E-state index in [1.807, 2.05) is 6.92 Å². The SMILES string of the molecule is Cc1cc(C(=O)O)ccc1NCc1csc(C(C)(C)C)n1. The second kappa shape index (κ2) is 5.85. The number of carboxylic acid groups (broad SMARTS) is 1. The zero-order valence-electron chi connectivity index (χ0n) is 12.7. The second-order valence-electron chi connectivity index (χ2n) is 6.08. The number of aromatic nitrogens is 1. The van der Waals surface area contributed by atoms with Gasteiger partial charge in [-0.15, -0.1) is 11.3 Å². The third-order valence-corrected chi connectivity index (χ3v) is 4.44. The van der Waals surface area contributed by atoms with Crippen LogP contribution in [-0.2, 0) is 12.0 Å². The smallest absolute Gasteiger partial charge is 0.335 e. The van der Waals surface area contributed by atoms with E-state index in [0.29, 0.717) is 12.1 Å². The molecule has 0 amide bonds. The standard InChI is InChI=1S/C16H20N2O2S/c1-10-7-11(14(19)20)5-6-13(10)17-8-12-9-21-15(18-12)16(2,3)4/h5-7,9,17H,8H2,1-4H3,(H,19,20). The van der Waals surface area contributed by atoms with Gasteiger partial charge in [0.2, 0.25) is 0 Å². The van der Waals surface area contributed by atoms with E-state index in [-0.39, 0.29) is 5.41 Å². The average Bonchev–Trinajstić information content (AvgIpc) is 2.85. The average molecular weight is 304 g/mol. The molecule has 4 nitrogen and oxygen atoms in total. The monoisotopic (exact) mass is 304 g/mol. The van der Waals surface area contributed by atoms with Crippen LogP contribution in [0.4, 0.5) is 5.69 Å². The number of nitrogens with zero attached hydrogens (tertiary/aromatic N) is 1. The Kier molecular flexibility index (Phi) is 4.32. The van der Waals surface area contributed by atoms with Gasteiger partial charge >= 0.3 is 5.97 Å². The number of aryl methyl sites for hydroxylation is 1. The van der Waals surface area contributed by atoms with E-state index in [4.69, 9.17) is 5.11 Å². The summed E-state index contributed by atoms with van der Waals surface area (Å²) in [6, 6.07) is 5.08. The fourth-order valence-electron chi connectivity index (χ4n) is 1.91. The molecule has 1 heterocycles. The lowest BCUT2D eigenvalue weighted by atomic mass is 9.98. The summed E-state index contributed by atoms with van der Waals surface area (Å²) < 4.78 is 0. The third kappa shape index (κ3) is 3.82. The summed E-state index contributed by atoms with van der Waals surface area (Å²) in [5, 5.41) is 15.5. The molecule has 0 aliphatic carbocycles. The van der Waals surface area contributed by atoms with E-state index in [0.717, 1.165) is 22.0 Å². The van der Waals surface area contributed by atoms with Crippen LogP contribution in [0.3, 0.4) is 0 Å². The van der Waals surface area contributed by atoms with Crippen LogP contribution in [0.2, 0.25) is 0 Å². The van der Waals surface area contributed by atoms with Crippen molar-refractivity contribution in [3.8, 4) is 0 Å². The van der Waals surface area contributed by atoms with Gasteiger partial charge in [-0.25, -0.2) is 9.78 Å². The molecule has 2 N–H and O–H groups in total. The predicted octanol–water partition coefficient (Wildman–Crippen LogP) is 4.06. The summed E-state index contributed by atoms with van der Waals surface area (Å²) >= 11 is 1.67. The molecule has 1 aromatic carbocycles. The summed E-state index contributed by atoms with van der Waals surface area (Å²) in [5.41, 5.74) is 3.24. The number of thiazole rings is 1.